The highest BCUT2D eigenvalue weighted by Crippen LogP contribution is 2.29. The van der Waals surface area contributed by atoms with Gasteiger partial charge in [0.05, 0.1) is 0 Å². The van der Waals surface area contributed by atoms with Crippen LogP contribution in [0.15, 0.2) is 28.7 Å². The fraction of sp³-hybridized carbons (Fsp3) is 0.500. The molecule has 0 atom stereocenters. The van der Waals surface area contributed by atoms with Gasteiger partial charge in [-0.1, -0.05) is 12.1 Å². The fourth-order valence-corrected chi connectivity index (χ4v) is 3.25. The number of hydrogen-bond acceptors (Lipinski definition) is 5. The molecule has 1 fully saturated rings. The number of amides is 1. The van der Waals surface area contributed by atoms with Gasteiger partial charge in [0.25, 0.3) is 6.01 Å². The first kappa shape index (κ1) is 17.9. The summed E-state index contributed by atoms with van der Waals surface area (Å²) in [5.41, 5.74) is -2.74. The summed E-state index contributed by atoms with van der Waals surface area (Å²) in [7, 11) is 0. The molecule has 0 bridgehead atoms. The van der Waals surface area contributed by atoms with E-state index in [1.807, 2.05) is 29.2 Å². The van der Waals surface area contributed by atoms with E-state index in [1.165, 1.54) is 0 Å². The maximum Gasteiger partial charge on any atom is 0.441 e. The molecule has 1 N–H and O–H groups in total. The minimum Gasteiger partial charge on any atom is -0.423 e. The number of aromatic nitrogens is 1. The zero-order valence-corrected chi connectivity index (χ0v) is 14.2. The lowest BCUT2D eigenvalue weighted by Crippen LogP contribution is -2.41. The van der Waals surface area contributed by atoms with E-state index < -0.39 is 5.51 Å². The van der Waals surface area contributed by atoms with Crippen molar-refractivity contribution in [1.82, 2.24) is 10.3 Å². The predicted molar refractivity (Wildman–Crippen MR) is 90.5 cm³/mol. The third-order valence-corrected chi connectivity index (χ3v) is 4.82. The van der Waals surface area contributed by atoms with Crippen molar-refractivity contribution in [2.75, 3.05) is 30.3 Å². The number of carbonyl (C=O) groups is 1. The van der Waals surface area contributed by atoms with Crippen LogP contribution in [0.4, 0.5) is 19.2 Å². The second-order valence-electron chi connectivity index (χ2n) is 5.81. The first-order valence-corrected chi connectivity index (χ1v) is 9.00. The van der Waals surface area contributed by atoms with Crippen LogP contribution in [0.2, 0.25) is 0 Å². The molecule has 1 aliphatic heterocycles. The number of benzene rings is 1. The van der Waals surface area contributed by atoms with Gasteiger partial charge in [0.1, 0.15) is 5.52 Å². The maximum atomic E-state index is 12.0. The molecule has 25 heavy (non-hydrogen) atoms. The zero-order valence-electron chi connectivity index (χ0n) is 13.4. The predicted octanol–water partition coefficient (Wildman–Crippen LogP) is 3.41. The second kappa shape index (κ2) is 7.55. The Morgan fingerprint density at radius 1 is 1.32 bits per heavy atom. The van der Waals surface area contributed by atoms with Crippen LogP contribution in [-0.2, 0) is 4.79 Å². The zero-order chi connectivity index (χ0) is 17.9. The van der Waals surface area contributed by atoms with E-state index >= 15 is 0 Å². The summed E-state index contributed by atoms with van der Waals surface area (Å²) in [5, 5.41) is 2.58. The molecule has 3 rings (SSSR count). The smallest absolute Gasteiger partial charge is 0.423 e. The van der Waals surface area contributed by atoms with E-state index in [2.05, 4.69) is 10.3 Å². The summed E-state index contributed by atoms with van der Waals surface area (Å²) >= 11 is -0.122. The summed E-state index contributed by atoms with van der Waals surface area (Å²) in [5.74, 6) is -0.534. The Bertz CT molecular complexity index is 694. The van der Waals surface area contributed by atoms with E-state index in [-0.39, 0.29) is 35.9 Å². The number of fused-ring (bicyclic) bond motifs is 1. The second-order valence-corrected chi connectivity index (χ2v) is 6.97. The van der Waals surface area contributed by atoms with Crippen molar-refractivity contribution in [3.8, 4) is 0 Å². The van der Waals surface area contributed by atoms with Crippen molar-refractivity contribution in [2.24, 2.45) is 5.92 Å². The third-order valence-electron chi connectivity index (χ3n) is 4.09. The van der Waals surface area contributed by atoms with Crippen LogP contribution in [0, 0.1) is 5.92 Å². The van der Waals surface area contributed by atoms with E-state index in [0.717, 1.165) is 11.1 Å². The van der Waals surface area contributed by atoms with Crippen molar-refractivity contribution in [3.63, 3.8) is 0 Å². The minimum atomic E-state index is -4.25. The Labute approximate surface area is 146 Å². The van der Waals surface area contributed by atoms with E-state index in [0.29, 0.717) is 31.9 Å². The topological polar surface area (TPSA) is 58.4 Å². The van der Waals surface area contributed by atoms with Gasteiger partial charge in [0.2, 0.25) is 5.91 Å². The van der Waals surface area contributed by atoms with Gasteiger partial charge in [-0.05, 0) is 36.7 Å². The van der Waals surface area contributed by atoms with Gasteiger partial charge in [0, 0.05) is 31.3 Å². The van der Waals surface area contributed by atoms with Crippen LogP contribution in [-0.4, -0.2) is 41.8 Å². The number of oxazole rings is 1. The molecule has 5 nitrogen and oxygen atoms in total. The van der Waals surface area contributed by atoms with Crippen molar-refractivity contribution in [1.29, 1.82) is 0 Å². The van der Waals surface area contributed by atoms with Crippen molar-refractivity contribution in [2.45, 2.75) is 18.3 Å². The van der Waals surface area contributed by atoms with Gasteiger partial charge >= 0.3 is 5.51 Å². The first-order chi connectivity index (χ1) is 11.9. The molecule has 1 amide bonds. The van der Waals surface area contributed by atoms with Crippen LogP contribution < -0.4 is 10.2 Å². The van der Waals surface area contributed by atoms with E-state index in [9.17, 15) is 18.0 Å². The van der Waals surface area contributed by atoms with Crippen LogP contribution in [0.3, 0.4) is 0 Å². The third kappa shape index (κ3) is 4.81. The number of para-hydroxylation sites is 2. The summed E-state index contributed by atoms with van der Waals surface area (Å²) in [6.07, 6.45) is 1.24. The highest BCUT2D eigenvalue weighted by molar-refractivity contribution is 8.00. The largest absolute Gasteiger partial charge is 0.441 e. The summed E-state index contributed by atoms with van der Waals surface area (Å²) < 4.78 is 41.9. The molecule has 1 saturated heterocycles. The Balaban J connectivity index is 1.45. The molecule has 0 aliphatic carbocycles. The minimum absolute atomic E-state index is 0.0222. The highest BCUT2D eigenvalue weighted by Gasteiger charge is 2.29. The van der Waals surface area contributed by atoms with E-state index in [4.69, 9.17) is 4.42 Å². The number of nitrogens with one attached hydrogen (secondary N) is 1. The number of carbonyl (C=O) groups excluding carboxylic acids is 1. The molecule has 0 unspecified atom stereocenters. The molecule has 1 aliphatic rings. The molecule has 136 valence electrons. The van der Waals surface area contributed by atoms with Crippen LogP contribution in [0.1, 0.15) is 12.8 Å². The number of halogens is 3. The van der Waals surface area contributed by atoms with Gasteiger partial charge in [-0.3, -0.25) is 4.79 Å². The van der Waals surface area contributed by atoms with Gasteiger partial charge < -0.3 is 14.6 Å². The monoisotopic (exact) mass is 373 g/mol. The molecule has 1 aromatic heterocycles. The number of thioether (sulfide) groups is 1. The molecular formula is C16H18F3N3O2S. The maximum absolute atomic E-state index is 12.0. The SMILES string of the molecule is O=C(NCCSC(F)(F)F)C1CCN(c2nc3ccccc3o2)CC1. The molecule has 1 aromatic carbocycles. The van der Waals surface area contributed by atoms with Crippen LogP contribution in [0.5, 0.6) is 0 Å². The Morgan fingerprint density at radius 3 is 2.72 bits per heavy atom. The standard InChI is InChI=1S/C16H18F3N3O2S/c17-16(18,19)25-10-7-20-14(23)11-5-8-22(9-6-11)15-21-12-3-1-2-4-13(12)24-15/h1-4,11H,5-10H2,(H,20,23). The number of alkyl halides is 3. The number of hydrogen-bond donors (Lipinski definition) is 1. The van der Waals surface area contributed by atoms with Crippen molar-refractivity contribution in [3.05, 3.63) is 24.3 Å². The van der Waals surface area contributed by atoms with Gasteiger partial charge in [0.15, 0.2) is 5.58 Å². The summed E-state index contributed by atoms with van der Waals surface area (Å²) in [4.78, 5) is 18.5. The average molecular weight is 373 g/mol. The number of anilines is 1. The molecule has 2 heterocycles. The Hall–Kier alpha value is -1.90. The van der Waals surface area contributed by atoms with Gasteiger partial charge in [-0.25, -0.2) is 0 Å². The van der Waals surface area contributed by atoms with Crippen LogP contribution >= 0.6 is 11.8 Å². The summed E-state index contributed by atoms with van der Waals surface area (Å²) in [6.45, 7) is 1.28. The molecular weight excluding hydrogens is 355 g/mol. The molecule has 2 aromatic rings. The lowest BCUT2D eigenvalue weighted by Gasteiger charge is -2.30. The number of piperidine rings is 1. The van der Waals surface area contributed by atoms with E-state index in [1.54, 1.807) is 0 Å². The molecule has 0 saturated carbocycles. The number of nitrogens with zero attached hydrogens (tertiary/aromatic N) is 2. The first-order valence-electron chi connectivity index (χ1n) is 8.01. The Kier molecular flexibility index (Phi) is 5.41. The molecule has 0 spiro atoms. The quantitative estimate of drug-likeness (QED) is 0.814. The Morgan fingerprint density at radius 2 is 2.04 bits per heavy atom. The highest BCUT2D eigenvalue weighted by atomic mass is 32.2. The fourth-order valence-electron chi connectivity index (χ4n) is 2.81. The normalized spacial score (nSPS) is 16.4. The number of rotatable bonds is 5. The molecule has 9 heteroatoms. The lowest BCUT2D eigenvalue weighted by molar-refractivity contribution is -0.125. The average Bonchev–Trinajstić information content (AvgIpc) is 3.02. The van der Waals surface area contributed by atoms with Crippen molar-refractivity contribution < 1.29 is 22.4 Å². The van der Waals surface area contributed by atoms with Crippen molar-refractivity contribution >= 4 is 34.8 Å². The summed E-state index contributed by atoms with van der Waals surface area (Å²) in [6, 6.07) is 8.04. The molecule has 0 radical (unpaired) electrons. The lowest BCUT2D eigenvalue weighted by atomic mass is 9.96. The van der Waals surface area contributed by atoms with Gasteiger partial charge in [-0.15, -0.1) is 0 Å². The van der Waals surface area contributed by atoms with Gasteiger partial charge in [-0.2, -0.15) is 18.2 Å². The van der Waals surface area contributed by atoms with Crippen LogP contribution in [0.25, 0.3) is 11.1 Å².